The van der Waals surface area contributed by atoms with E-state index in [1.807, 2.05) is 39.1 Å². The Morgan fingerprint density at radius 2 is 1.79 bits per heavy atom. The standard InChI is InChI=1S/C10H15NO.C2H6/c1-11-10(7-8-12)9-5-3-2-4-6-9;1-2/h2-6,10-12H,7-8H2,1H3;1-2H3/t10-;/m1./s1. The number of benzene rings is 1. The molecule has 1 atom stereocenters. The summed E-state index contributed by atoms with van der Waals surface area (Å²) in [6, 6.07) is 10.4. The lowest BCUT2D eigenvalue weighted by Gasteiger charge is -2.14. The van der Waals surface area contributed by atoms with E-state index in [1.165, 1.54) is 5.56 Å². The molecule has 2 heteroatoms. The molecule has 0 bridgehead atoms. The molecular formula is C12H21NO. The summed E-state index contributed by atoms with van der Waals surface area (Å²) in [6.07, 6.45) is 0.764. The van der Waals surface area contributed by atoms with E-state index in [0.29, 0.717) is 0 Å². The second-order valence-corrected chi connectivity index (χ2v) is 2.76. The van der Waals surface area contributed by atoms with Crippen molar-refractivity contribution in [3.8, 4) is 0 Å². The highest BCUT2D eigenvalue weighted by molar-refractivity contribution is 5.18. The SMILES string of the molecule is CC.CN[C@H](CCO)c1ccccc1. The van der Waals surface area contributed by atoms with Gasteiger partial charge in [-0.3, -0.25) is 0 Å². The molecule has 0 heterocycles. The average Bonchev–Trinajstić information content (AvgIpc) is 2.30. The number of nitrogens with one attached hydrogen (secondary N) is 1. The summed E-state index contributed by atoms with van der Waals surface area (Å²) in [5.74, 6) is 0. The Kier molecular flexibility index (Phi) is 8.19. The van der Waals surface area contributed by atoms with Gasteiger partial charge in [-0.2, -0.15) is 0 Å². The van der Waals surface area contributed by atoms with Crippen molar-refractivity contribution < 1.29 is 5.11 Å². The molecule has 1 rings (SSSR count). The molecule has 0 aliphatic rings. The first kappa shape index (κ1) is 13.1. The highest BCUT2D eigenvalue weighted by Crippen LogP contribution is 2.14. The van der Waals surface area contributed by atoms with E-state index in [1.54, 1.807) is 0 Å². The Morgan fingerprint density at radius 3 is 2.21 bits per heavy atom. The van der Waals surface area contributed by atoms with Crippen molar-refractivity contribution in [2.45, 2.75) is 26.3 Å². The summed E-state index contributed by atoms with van der Waals surface area (Å²) < 4.78 is 0. The third-order valence-corrected chi connectivity index (χ3v) is 1.97. The maximum atomic E-state index is 8.79. The fourth-order valence-corrected chi connectivity index (χ4v) is 1.29. The van der Waals surface area contributed by atoms with Crippen molar-refractivity contribution in [3.63, 3.8) is 0 Å². The Hall–Kier alpha value is -0.860. The van der Waals surface area contributed by atoms with Gasteiger partial charge in [-0.25, -0.2) is 0 Å². The maximum absolute atomic E-state index is 8.79. The highest BCUT2D eigenvalue weighted by Gasteiger charge is 2.05. The lowest BCUT2D eigenvalue weighted by atomic mass is 10.0. The van der Waals surface area contributed by atoms with Gasteiger partial charge in [-0.15, -0.1) is 0 Å². The number of hydrogen-bond donors (Lipinski definition) is 2. The third kappa shape index (κ3) is 4.40. The minimum absolute atomic E-state index is 0.223. The molecule has 1 aromatic carbocycles. The van der Waals surface area contributed by atoms with Gasteiger partial charge in [0.25, 0.3) is 0 Å². The quantitative estimate of drug-likeness (QED) is 0.773. The van der Waals surface area contributed by atoms with Crippen molar-refractivity contribution >= 4 is 0 Å². The van der Waals surface area contributed by atoms with Gasteiger partial charge < -0.3 is 10.4 Å². The van der Waals surface area contributed by atoms with E-state index in [2.05, 4.69) is 17.4 Å². The molecule has 0 fully saturated rings. The Bertz CT molecular complexity index is 211. The second kappa shape index (κ2) is 8.73. The van der Waals surface area contributed by atoms with E-state index in [9.17, 15) is 0 Å². The van der Waals surface area contributed by atoms with Crippen LogP contribution in [0.3, 0.4) is 0 Å². The van der Waals surface area contributed by atoms with Crippen molar-refractivity contribution in [1.29, 1.82) is 0 Å². The van der Waals surface area contributed by atoms with Crippen LogP contribution in [0.5, 0.6) is 0 Å². The van der Waals surface area contributed by atoms with Crippen LogP contribution >= 0.6 is 0 Å². The molecule has 0 unspecified atom stereocenters. The summed E-state index contributed by atoms with van der Waals surface area (Å²) in [5.41, 5.74) is 1.23. The molecule has 2 N–H and O–H groups in total. The zero-order chi connectivity index (χ0) is 10.8. The van der Waals surface area contributed by atoms with Crippen molar-refractivity contribution in [2.75, 3.05) is 13.7 Å². The van der Waals surface area contributed by atoms with Crippen LogP contribution in [-0.2, 0) is 0 Å². The predicted octanol–water partition coefficient (Wildman–Crippen LogP) is 2.36. The number of aliphatic hydroxyl groups is 1. The van der Waals surface area contributed by atoms with Gasteiger partial charge in [0.2, 0.25) is 0 Å². The molecule has 0 saturated carbocycles. The molecule has 14 heavy (non-hydrogen) atoms. The van der Waals surface area contributed by atoms with Crippen LogP contribution in [0.1, 0.15) is 31.9 Å². The van der Waals surface area contributed by atoms with Gasteiger partial charge in [0, 0.05) is 12.6 Å². The fraction of sp³-hybridized carbons (Fsp3) is 0.500. The van der Waals surface area contributed by atoms with Crippen LogP contribution in [-0.4, -0.2) is 18.8 Å². The van der Waals surface area contributed by atoms with Crippen LogP contribution in [0.25, 0.3) is 0 Å². The van der Waals surface area contributed by atoms with Crippen molar-refractivity contribution in [3.05, 3.63) is 35.9 Å². The normalized spacial score (nSPS) is 11.4. The summed E-state index contributed by atoms with van der Waals surface area (Å²) in [7, 11) is 1.91. The van der Waals surface area contributed by atoms with Crippen molar-refractivity contribution in [2.24, 2.45) is 0 Å². The van der Waals surface area contributed by atoms with E-state index < -0.39 is 0 Å². The maximum Gasteiger partial charge on any atom is 0.0449 e. The van der Waals surface area contributed by atoms with E-state index >= 15 is 0 Å². The largest absolute Gasteiger partial charge is 0.396 e. The number of hydrogen-bond acceptors (Lipinski definition) is 2. The molecule has 0 spiro atoms. The second-order valence-electron chi connectivity index (χ2n) is 2.76. The van der Waals surface area contributed by atoms with Crippen LogP contribution in [0.2, 0.25) is 0 Å². The zero-order valence-corrected chi connectivity index (χ0v) is 9.33. The minimum atomic E-state index is 0.223. The van der Waals surface area contributed by atoms with Gasteiger partial charge in [-0.05, 0) is 19.0 Å². The lowest BCUT2D eigenvalue weighted by Crippen LogP contribution is -2.17. The van der Waals surface area contributed by atoms with Gasteiger partial charge in [0.15, 0.2) is 0 Å². The monoisotopic (exact) mass is 195 g/mol. The molecule has 0 aromatic heterocycles. The Morgan fingerprint density at radius 1 is 1.21 bits per heavy atom. The topological polar surface area (TPSA) is 32.3 Å². The first-order valence-corrected chi connectivity index (χ1v) is 5.21. The van der Waals surface area contributed by atoms with Crippen LogP contribution in [0, 0.1) is 0 Å². The molecule has 0 amide bonds. The molecular weight excluding hydrogens is 174 g/mol. The average molecular weight is 195 g/mol. The third-order valence-electron chi connectivity index (χ3n) is 1.97. The van der Waals surface area contributed by atoms with E-state index in [-0.39, 0.29) is 12.6 Å². The van der Waals surface area contributed by atoms with Crippen LogP contribution in [0.4, 0.5) is 0 Å². The summed E-state index contributed by atoms with van der Waals surface area (Å²) in [5, 5.41) is 11.9. The van der Waals surface area contributed by atoms with Gasteiger partial charge in [0.1, 0.15) is 0 Å². The zero-order valence-electron chi connectivity index (χ0n) is 9.33. The number of rotatable bonds is 4. The van der Waals surface area contributed by atoms with Crippen LogP contribution in [0.15, 0.2) is 30.3 Å². The van der Waals surface area contributed by atoms with E-state index in [4.69, 9.17) is 5.11 Å². The first-order chi connectivity index (χ1) is 6.88. The van der Waals surface area contributed by atoms with Crippen molar-refractivity contribution in [1.82, 2.24) is 5.32 Å². The van der Waals surface area contributed by atoms with Gasteiger partial charge in [-0.1, -0.05) is 44.2 Å². The smallest absolute Gasteiger partial charge is 0.0449 e. The van der Waals surface area contributed by atoms with Gasteiger partial charge in [0.05, 0.1) is 0 Å². The van der Waals surface area contributed by atoms with E-state index in [0.717, 1.165) is 6.42 Å². The first-order valence-electron chi connectivity index (χ1n) is 5.21. The van der Waals surface area contributed by atoms with Crippen LogP contribution < -0.4 is 5.32 Å². The molecule has 0 saturated heterocycles. The Balaban J connectivity index is 0.000000791. The van der Waals surface area contributed by atoms with Gasteiger partial charge >= 0.3 is 0 Å². The number of aliphatic hydroxyl groups excluding tert-OH is 1. The Labute approximate surface area is 87.0 Å². The lowest BCUT2D eigenvalue weighted by molar-refractivity contribution is 0.269. The molecule has 0 radical (unpaired) electrons. The molecule has 2 nitrogen and oxygen atoms in total. The summed E-state index contributed by atoms with van der Waals surface area (Å²) in [6.45, 7) is 4.22. The predicted molar refractivity (Wildman–Crippen MR) is 61.3 cm³/mol. The molecule has 80 valence electrons. The molecule has 0 aliphatic carbocycles. The molecule has 1 aromatic rings. The highest BCUT2D eigenvalue weighted by atomic mass is 16.3. The molecule has 0 aliphatic heterocycles. The fourth-order valence-electron chi connectivity index (χ4n) is 1.29. The summed E-state index contributed by atoms with van der Waals surface area (Å²) in [4.78, 5) is 0. The summed E-state index contributed by atoms with van der Waals surface area (Å²) >= 11 is 0. The minimum Gasteiger partial charge on any atom is -0.396 e.